The molecule has 4 rings (SSSR count). The molecule has 1 aliphatic rings. The quantitative estimate of drug-likeness (QED) is 0.252. The Morgan fingerprint density at radius 2 is 1.70 bits per heavy atom. The van der Waals surface area contributed by atoms with E-state index in [1.807, 2.05) is 0 Å². The third kappa shape index (κ3) is 5.06. The van der Waals surface area contributed by atoms with Gasteiger partial charge < -0.3 is 5.32 Å². The summed E-state index contributed by atoms with van der Waals surface area (Å²) < 4.78 is 25.9. The van der Waals surface area contributed by atoms with Crippen LogP contribution in [0.15, 0.2) is 75.4 Å². The van der Waals surface area contributed by atoms with Crippen LogP contribution in [-0.4, -0.2) is 19.2 Å². The predicted molar refractivity (Wildman–Crippen MR) is 129 cm³/mol. The van der Waals surface area contributed by atoms with E-state index in [-0.39, 0.29) is 26.4 Å². The van der Waals surface area contributed by atoms with Crippen molar-refractivity contribution >= 4 is 68.2 Å². The first kappa shape index (κ1) is 23.3. The molecule has 0 bridgehead atoms. The molecule has 1 amide bonds. The summed E-state index contributed by atoms with van der Waals surface area (Å²) in [6.45, 7) is 0. The molecule has 3 aromatic rings. The number of non-ortho nitro benzene ring substituents is 1. The standard InChI is InChI=1S/C22H14Cl2N2O5S2/c23-17-2-1-3-18(24)16(17)12-33(30,31)15-8-9-20-19(11-15)25-22(27)21(32-20)10-13-4-6-14(7-5-13)26(28)29/h1-11H,12H2,(H,25,27)/b21-10+. The topological polar surface area (TPSA) is 106 Å². The lowest BCUT2D eigenvalue weighted by Crippen LogP contribution is -2.18. The van der Waals surface area contributed by atoms with Gasteiger partial charge in [-0.25, -0.2) is 8.42 Å². The van der Waals surface area contributed by atoms with Crippen molar-refractivity contribution in [2.75, 3.05) is 5.32 Å². The van der Waals surface area contributed by atoms with Crippen molar-refractivity contribution in [1.29, 1.82) is 0 Å². The van der Waals surface area contributed by atoms with Crippen LogP contribution in [0, 0.1) is 10.1 Å². The summed E-state index contributed by atoms with van der Waals surface area (Å²) in [7, 11) is -3.78. The number of hydrogen-bond donors (Lipinski definition) is 1. The maximum atomic E-state index is 13.0. The number of nitro groups is 1. The molecule has 168 valence electrons. The molecule has 0 spiro atoms. The summed E-state index contributed by atoms with van der Waals surface area (Å²) in [5.74, 6) is -0.786. The van der Waals surface area contributed by atoms with E-state index in [0.717, 1.165) is 0 Å². The Labute approximate surface area is 203 Å². The Hall–Kier alpha value is -2.85. The van der Waals surface area contributed by atoms with E-state index in [1.54, 1.807) is 42.5 Å². The molecule has 0 saturated heterocycles. The van der Waals surface area contributed by atoms with Gasteiger partial charge in [0.15, 0.2) is 9.84 Å². The van der Waals surface area contributed by atoms with Crippen LogP contribution in [-0.2, 0) is 20.4 Å². The van der Waals surface area contributed by atoms with Gasteiger partial charge in [-0.15, -0.1) is 0 Å². The SMILES string of the molecule is O=C1Nc2cc(S(=O)(=O)Cc3c(Cl)cccc3Cl)ccc2S/C1=C/c1ccc([N+](=O)[O-])cc1. The fraction of sp³-hybridized carbons (Fsp3) is 0.0455. The lowest BCUT2D eigenvalue weighted by Gasteiger charge is -2.19. The summed E-state index contributed by atoms with van der Waals surface area (Å²) in [4.78, 5) is 23.9. The third-order valence-corrected chi connectivity index (χ3v) is 8.25. The highest BCUT2D eigenvalue weighted by Crippen LogP contribution is 2.40. The first-order valence-electron chi connectivity index (χ1n) is 9.39. The van der Waals surface area contributed by atoms with Crippen LogP contribution in [0.3, 0.4) is 0 Å². The van der Waals surface area contributed by atoms with E-state index < -0.39 is 20.7 Å². The van der Waals surface area contributed by atoms with Gasteiger partial charge in [-0.1, -0.05) is 41.0 Å². The van der Waals surface area contributed by atoms with Gasteiger partial charge in [-0.3, -0.25) is 14.9 Å². The van der Waals surface area contributed by atoms with E-state index in [2.05, 4.69) is 5.32 Å². The van der Waals surface area contributed by atoms with Crippen molar-refractivity contribution in [3.8, 4) is 0 Å². The molecule has 0 aromatic heterocycles. The monoisotopic (exact) mass is 520 g/mol. The van der Waals surface area contributed by atoms with Gasteiger partial charge in [0.2, 0.25) is 0 Å². The van der Waals surface area contributed by atoms with Crippen molar-refractivity contribution in [2.24, 2.45) is 0 Å². The highest BCUT2D eigenvalue weighted by Gasteiger charge is 2.25. The van der Waals surface area contributed by atoms with Gasteiger partial charge in [-0.2, -0.15) is 0 Å². The Morgan fingerprint density at radius 1 is 1.03 bits per heavy atom. The highest BCUT2D eigenvalue weighted by molar-refractivity contribution is 8.04. The van der Waals surface area contributed by atoms with Gasteiger partial charge >= 0.3 is 0 Å². The van der Waals surface area contributed by atoms with Crippen LogP contribution >= 0.6 is 35.0 Å². The molecule has 1 aliphatic heterocycles. The summed E-state index contributed by atoms with van der Waals surface area (Å²) in [6, 6.07) is 15.1. The zero-order chi connectivity index (χ0) is 23.8. The van der Waals surface area contributed by atoms with Crippen molar-refractivity contribution in [2.45, 2.75) is 15.5 Å². The molecule has 0 radical (unpaired) electrons. The summed E-state index contributed by atoms with van der Waals surface area (Å²) in [6.07, 6.45) is 1.61. The molecule has 3 aromatic carbocycles. The molecule has 33 heavy (non-hydrogen) atoms. The fourth-order valence-corrected chi connectivity index (χ4v) is 6.17. The minimum absolute atomic E-state index is 0.0286. The van der Waals surface area contributed by atoms with Crippen molar-refractivity contribution < 1.29 is 18.1 Å². The van der Waals surface area contributed by atoms with Gasteiger partial charge in [0.25, 0.3) is 11.6 Å². The normalized spacial score (nSPS) is 14.6. The number of anilines is 1. The first-order valence-corrected chi connectivity index (χ1v) is 12.6. The molecule has 0 atom stereocenters. The molecular weight excluding hydrogens is 507 g/mol. The molecule has 0 fully saturated rings. The van der Waals surface area contributed by atoms with Gasteiger partial charge in [0.1, 0.15) is 0 Å². The average Bonchev–Trinajstić information content (AvgIpc) is 2.77. The van der Waals surface area contributed by atoms with Crippen LogP contribution in [0.1, 0.15) is 11.1 Å². The molecule has 0 saturated carbocycles. The molecular formula is C22H14Cl2N2O5S2. The zero-order valence-corrected chi connectivity index (χ0v) is 19.8. The van der Waals surface area contributed by atoms with E-state index in [9.17, 15) is 23.3 Å². The number of nitrogens with zero attached hydrogens (tertiary/aromatic N) is 1. The van der Waals surface area contributed by atoms with E-state index in [4.69, 9.17) is 23.2 Å². The number of nitrogens with one attached hydrogen (secondary N) is 1. The van der Waals surface area contributed by atoms with E-state index >= 15 is 0 Å². The molecule has 0 aliphatic carbocycles. The lowest BCUT2D eigenvalue weighted by molar-refractivity contribution is -0.384. The number of halogens is 2. The van der Waals surface area contributed by atoms with Gasteiger partial charge in [-0.05, 0) is 54.1 Å². The number of hydrogen-bond acceptors (Lipinski definition) is 6. The van der Waals surface area contributed by atoms with Gasteiger partial charge in [0, 0.05) is 32.6 Å². The number of rotatable bonds is 5. The lowest BCUT2D eigenvalue weighted by atomic mass is 10.2. The number of thioether (sulfide) groups is 1. The number of nitro benzene ring substituents is 1. The zero-order valence-electron chi connectivity index (χ0n) is 16.6. The predicted octanol–water partition coefficient (Wildman–Crippen LogP) is 5.96. The Bertz CT molecular complexity index is 1400. The van der Waals surface area contributed by atoms with E-state index in [0.29, 0.717) is 26.6 Å². The largest absolute Gasteiger partial charge is 0.320 e. The second-order valence-corrected chi connectivity index (χ2v) is 10.9. The van der Waals surface area contributed by atoms with E-state index in [1.165, 1.54) is 36.0 Å². The third-order valence-electron chi connectivity index (χ3n) is 4.80. The van der Waals surface area contributed by atoms with Crippen LogP contribution in [0.5, 0.6) is 0 Å². The number of carbonyl (C=O) groups excluding carboxylic acids is 1. The minimum atomic E-state index is -3.78. The first-order chi connectivity index (χ1) is 15.6. The minimum Gasteiger partial charge on any atom is -0.320 e. The Balaban J connectivity index is 1.59. The molecule has 11 heteroatoms. The number of carbonyl (C=O) groups is 1. The summed E-state index contributed by atoms with van der Waals surface area (Å²) in [5, 5.41) is 14.0. The summed E-state index contributed by atoms with van der Waals surface area (Å²) >= 11 is 13.4. The second-order valence-electron chi connectivity index (χ2n) is 7.03. The van der Waals surface area contributed by atoms with Crippen LogP contribution < -0.4 is 5.32 Å². The number of benzene rings is 3. The van der Waals surface area contributed by atoms with Crippen molar-refractivity contribution in [3.63, 3.8) is 0 Å². The van der Waals surface area contributed by atoms with Crippen LogP contribution in [0.25, 0.3) is 6.08 Å². The molecule has 7 nitrogen and oxygen atoms in total. The maximum Gasteiger partial charge on any atom is 0.269 e. The summed E-state index contributed by atoms with van der Waals surface area (Å²) in [5.41, 5.74) is 1.26. The van der Waals surface area contributed by atoms with Gasteiger partial charge in [0.05, 0.1) is 26.2 Å². The van der Waals surface area contributed by atoms with Crippen molar-refractivity contribution in [1.82, 2.24) is 0 Å². The molecule has 0 unspecified atom stereocenters. The number of amides is 1. The van der Waals surface area contributed by atoms with Crippen molar-refractivity contribution in [3.05, 3.63) is 96.9 Å². The van der Waals surface area contributed by atoms with Crippen LogP contribution in [0.4, 0.5) is 11.4 Å². The molecule has 1 N–H and O–H groups in total. The fourth-order valence-electron chi connectivity index (χ4n) is 3.12. The average molecular weight is 521 g/mol. The Kier molecular flexibility index (Phi) is 6.49. The highest BCUT2D eigenvalue weighted by atomic mass is 35.5. The maximum absolute atomic E-state index is 13.0. The van der Waals surface area contributed by atoms with Crippen LogP contribution in [0.2, 0.25) is 10.0 Å². The molecule has 1 heterocycles. The number of sulfone groups is 1. The Morgan fingerprint density at radius 3 is 2.33 bits per heavy atom. The number of fused-ring (bicyclic) bond motifs is 1. The smallest absolute Gasteiger partial charge is 0.269 e. The second kappa shape index (κ2) is 9.18.